The summed E-state index contributed by atoms with van der Waals surface area (Å²) in [6.45, 7) is 2.00. The largest absolute Gasteiger partial charge is 0.497 e. The summed E-state index contributed by atoms with van der Waals surface area (Å²) in [5.74, 6) is 0.564. The molecule has 0 spiro atoms. The van der Waals surface area contributed by atoms with Gasteiger partial charge in [0.2, 0.25) is 0 Å². The van der Waals surface area contributed by atoms with Crippen molar-refractivity contribution in [2.75, 3.05) is 12.4 Å². The van der Waals surface area contributed by atoms with Gasteiger partial charge in [0, 0.05) is 16.3 Å². The fourth-order valence-corrected chi connectivity index (χ4v) is 4.25. The number of nitrogens with one attached hydrogen (secondary N) is 1. The van der Waals surface area contributed by atoms with Crippen LogP contribution >= 0.6 is 11.8 Å². The molecule has 2 aromatic rings. The number of allylic oxidation sites excluding steroid dienone is 4. The Labute approximate surface area is 170 Å². The second-order valence-corrected chi connectivity index (χ2v) is 7.72. The van der Waals surface area contributed by atoms with E-state index in [0.717, 1.165) is 34.6 Å². The molecule has 0 heterocycles. The van der Waals surface area contributed by atoms with Gasteiger partial charge in [0.05, 0.1) is 18.5 Å². The van der Waals surface area contributed by atoms with Crippen molar-refractivity contribution < 1.29 is 9.13 Å². The van der Waals surface area contributed by atoms with Gasteiger partial charge >= 0.3 is 0 Å². The van der Waals surface area contributed by atoms with Crippen molar-refractivity contribution in [3.8, 4) is 5.75 Å². The maximum atomic E-state index is 14.2. The number of aryl methyl sites for hydroxylation is 1. The minimum atomic E-state index is -0.273. The lowest BCUT2D eigenvalue weighted by atomic mass is 10.0. The number of rotatable bonds is 7. The van der Waals surface area contributed by atoms with E-state index in [9.17, 15) is 4.39 Å². The Balaban J connectivity index is 1.76. The van der Waals surface area contributed by atoms with Gasteiger partial charge in [-0.2, -0.15) is 0 Å². The van der Waals surface area contributed by atoms with Crippen LogP contribution in [0, 0.1) is 5.82 Å². The van der Waals surface area contributed by atoms with Gasteiger partial charge in [0.25, 0.3) is 0 Å². The molecule has 0 amide bonds. The molecule has 1 atom stereocenters. The van der Waals surface area contributed by atoms with Crippen LogP contribution in [0.4, 0.5) is 10.1 Å². The summed E-state index contributed by atoms with van der Waals surface area (Å²) in [5, 5.41) is 3.27. The van der Waals surface area contributed by atoms with Crippen molar-refractivity contribution >= 4 is 17.4 Å². The average molecular weight is 397 g/mol. The van der Waals surface area contributed by atoms with E-state index in [1.165, 1.54) is 6.07 Å². The Hall–Kier alpha value is -2.66. The Bertz CT molecular complexity index is 903. The van der Waals surface area contributed by atoms with Crippen LogP contribution in [0.1, 0.15) is 18.9 Å². The van der Waals surface area contributed by atoms with Gasteiger partial charge in [-0.15, -0.1) is 11.8 Å². The number of nitrogens with two attached hydrogens (primary N) is 1. The molecule has 1 aliphatic carbocycles. The number of hydrogen-bond acceptors (Lipinski definition) is 4. The zero-order valence-electron chi connectivity index (χ0n) is 16.1. The number of para-hydroxylation sites is 1. The molecular formula is C23H25FN2OS. The molecule has 3 nitrogen and oxygen atoms in total. The van der Waals surface area contributed by atoms with Gasteiger partial charge in [-0.05, 0) is 54.3 Å². The van der Waals surface area contributed by atoms with E-state index in [2.05, 4.69) is 11.4 Å². The van der Waals surface area contributed by atoms with Gasteiger partial charge < -0.3 is 15.8 Å². The molecule has 0 radical (unpaired) electrons. The molecule has 5 heteroatoms. The van der Waals surface area contributed by atoms with Crippen molar-refractivity contribution in [1.29, 1.82) is 0 Å². The molecule has 28 heavy (non-hydrogen) atoms. The molecule has 0 saturated carbocycles. The fraction of sp³-hybridized carbons (Fsp3) is 0.217. The zero-order valence-corrected chi connectivity index (χ0v) is 16.9. The first-order valence-electron chi connectivity index (χ1n) is 9.29. The van der Waals surface area contributed by atoms with E-state index in [1.54, 1.807) is 31.1 Å². The average Bonchev–Trinajstić information content (AvgIpc) is 2.73. The second-order valence-electron chi connectivity index (χ2n) is 6.44. The molecule has 0 aromatic heterocycles. The van der Waals surface area contributed by atoms with Gasteiger partial charge in [-0.1, -0.05) is 37.3 Å². The second kappa shape index (κ2) is 9.51. The monoisotopic (exact) mass is 396 g/mol. The summed E-state index contributed by atoms with van der Waals surface area (Å²) in [4.78, 5) is 1.15. The molecule has 0 aliphatic heterocycles. The third kappa shape index (κ3) is 4.78. The lowest BCUT2D eigenvalue weighted by molar-refractivity contribution is 0.414. The molecule has 0 saturated heterocycles. The van der Waals surface area contributed by atoms with Crippen LogP contribution in [0.3, 0.4) is 0 Å². The summed E-state index contributed by atoms with van der Waals surface area (Å²) >= 11 is 1.75. The van der Waals surface area contributed by atoms with Crippen molar-refractivity contribution in [1.82, 2.24) is 0 Å². The molecule has 146 valence electrons. The van der Waals surface area contributed by atoms with Crippen LogP contribution in [-0.4, -0.2) is 12.4 Å². The van der Waals surface area contributed by atoms with Gasteiger partial charge in [-0.3, -0.25) is 0 Å². The number of anilines is 1. The minimum absolute atomic E-state index is 0.197. The summed E-state index contributed by atoms with van der Waals surface area (Å²) in [5.41, 5.74) is 9.42. The number of benzene rings is 2. The van der Waals surface area contributed by atoms with Crippen LogP contribution in [0.5, 0.6) is 5.75 Å². The summed E-state index contributed by atoms with van der Waals surface area (Å²) < 4.78 is 19.4. The van der Waals surface area contributed by atoms with E-state index in [4.69, 9.17) is 10.5 Å². The lowest BCUT2D eigenvalue weighted by Crippen LogP contribution is -2.16. The smallest absolute Gasteiger partial charge is 0.146 e. The Morgan fingerprint density at radius 2 is 2.07 bits per heavy atom. The molecule has 3 rings (SSSR count). The Morgan fingerprint density at radius 1 is 1.29 bits per heavy atom. The fourth-order valence-electron chi connectivity index (χ4n) is 3.08. The van der Waals surface area contributed by atoms with E-state index in [0.29, 0.717) is 11.4 Å². The summed E-state index contributed by atoms with van der Waals surface area (Å²) in [6.07, 6.45) is 9.51. The van der Waals surface area contributed by atoms with Crippen LogP contribution in [0.15, 0.2) is 83.1 Å². The number of thioether (sulfide) groups is 1. The lowest BCUT2D eigenvalue weighted by Gasteiger charge is -2.22. The van der Waals surface area contributed by atoms with Gasteiger partial charge in [0.15, 0.2) is 0 Å². The quantitative estimate of drug-likeness (QED) is 0.634. The molecule has 3 N–H and O–H groups in total. The third-order valence-corrected chi connectivity index (χ3v) is 5.91. The van der Waals surface area contributed by atoms with E-state index < -0.39 is 0 Å². The highest BCUT2D eigenvalue weighted by atomic mass is 32.2. The topological polar surface area (TPSA) is 47.3 Å². The normalized spacial score (nSPS) is 16.6. The number of ether oxygens (including phenoxy) is 1. The SMILES string of the molecule is CCc1cccc(F)c1N/C=C(\N)C1=CC=CCC1Sc1ccc(OC)cc1. The van der Waals surface area contributed by atoms with Crippen molar-refractivity contribution in [3.05, 3.63) is 89.5 Å². The summed E-state index contributed by atoms with van der Waals surface area (Å²) in [7, 11) is 1.66. The standard InChI is InChI=1S/C23H25FN2OS/c1-3-16-7-6-9-20(24)23(16)26-15-21(25)19-8-4-5-10-22(19)28-18-13-11-17(27-2)12-14-18/h4-9,11-15,22,26H,3,10,25H2,1-2H3/b21-15-. The first kappa shape index (κ1) is 20.1. The number of methoxy groups -OCH3 is 1. The molecule has 1 unspecified atom stereocenters. The zero-order chi connectivity index (χ0) is 19.9. The van der Waals surface area contributed by atoms with Gasteiger partial charge in [0.1, 0.15) is 11.6 Å². The van der Waals surface area contributed by atoms with E-state index in [-0.39, 0.29) is 11.1 Å². The van der Waals surface area contributed by atoms with Gasteiger partial charge in [-0.25, -0.2) is 4.39 Å². The van der Waals surface area contributed by atoms with Crippen LogP contribution in [-0.2, 0) is 6.42 Å². The van der Waals surface area contributed by atoms with Crippen molar-refractivity contribution in [2.24, 2.45) is 5.73 Å². The number of hydrogen-bond donors (Lipinski definition) is 2. The van der Waals surface area contributed by atoms with Crippen LogP contribution < -0.4 is 15.8 Å². The highest BCUT2D eigenvalue weighted by Gasteiger charge is 2.19. The molecule has 0 fully saturated rings. The highest BCUT2D eigenvalue weighted by molar-refractivity contribution is 8.00. The Morgan fingerprint density at radius 3 is 2.79 bits per heavy atom. The molecule has 0 bridgehead atoms. The van der Waals surface area contributed by atoms with Crippen molar-refractivity contribution in [3.63, 3.8) is 0 Å². The number of halogens is 1. The predicted octanol–water partition coefficient (Wildman–Crippen LogP) is 5.66. The molecule has 1 aliphatic rings. The highest BCUT2D eigenvalue weighted by Crippen LogP contribution is 2.35. The van der Waals surface area contributed by atoms with Crippen LogP contribution in [0.25, 0.3) is 0 Å². The predicted molar refractivity (Wildman–Crippen MR) is 116 cm³/mol. The Kier molecular flexibility index (Phi) is 6.82. The van der Waals surface area contributed by atoms with Crippen molar-refractivity contribution in [2.45, 2.75) is 29.9 Å². The van der Waals surface area contributed by atoms with E-state index in [1.807, 2.05) is 49.4 Å². The summed E-state index contributed by atoms with van der Waals surface area (Å²) in [6, 6.07) is 13.1. The maximum absolute atomic E-state index is 14.2. The molecule has 2 aromatic carbocycles. The maximum Gasteiger partial charge on any atom is 0.146 e. The van der Waals surface area contributed by atoms with E-state index >= 15 is 0 Å². The molecular weight excluding hydrogens is 371 g/mol. The first-order valence-corrected chi connectivity index (χ1v) is 10.2. The third-order valence-electron chi connectivity index (χ3n) is 4.63. The van der Waals surface area contributed by atoms with Crippen LogP contribution in [0.2, 0.25) is 0 Å². The first-order chi connectivity index (χ1) is 13.6. The minimum Gasteiger partial charge on any atom is -0.497 e.